The summed E-state index contributed by atoms with van der Waals surface area (Å²) < 4.78 is 6.44. The van der Waals surface area contributed by atoms with E-state index in [0.717, 1.165) is 52.3 Å². The van der Waals surface area contributed by atoms with Gasteiger partial charge in [-0.2, -0.15) is 0 Å². The van der Waals surface area contributed by atoms with Gasteiger partial charge >= 0.3 is 5.97 Å². The molecule has 0 aliphatic heterocycles. The number of carboxylic acid groups (broad SMARTS) is 1. The molecule has 0 saturated heterocycles. The normalized spacial score (nSPS) is 20.4. The standard InChI is InChI=1S/C34H44N2O4S/c1-4-22-9-12-25(13-10-22)40-26-14-11-24-18-30(35-29(28(24)19-26)17-23-7-5-6-8-23)33(37)36-31(34(38)39)20-27-15-16-32(41-27)21(2)3/h11,14-16,18-19,21-23,25,31H,4-10,12-13,17,20H2,1-3H3,(H,36,37)(H,38,39). The van der Waals surface area contributed by atoms with Gasteiger partial charge in [-0.05, 0) is 85.6 Å². The van der Waals surface area contributed by atoms with Crippen LogP contribution < -0.4 is 10.1 Å². The van der Waals surface area contributed by atoms with Crippen LogP contribution in [0.2, 0.25) is 0 Å². The number of thiophene rings is 1. The zero-order valence-corrected chi connectivity index (χ0v) is 25.5. The van der Waals surface area contributed by atoms with Gasteiger partial charge < -0.3 is 15.2 Å². The number of rotatable bonds is 11. The molecule has 6 nitrogen and oxygen atoms in total. The SMILES string of the molecule is CCC1CCC(Oc2ccc3cc(C(=O)NC(Cc4ccc(C(C)C)s4)C(=O)O)nc(CC4CCCC4)c3c2)CC1. The van der Waals surface area contributed by atoms with Crippen LogP contribution in [0.3, 0.4) is 0 Å². The minimum absolute atomic E-state index is 0.249. The molecule has 2 heterocycles. The highest BCUT2D eigenvalue weighted by atomic mass is 32.1. The molecule has 2 aromatic heterocycles. The van der Waals surface area contributed by atoms with E-state index in [9.17, 15) is 14.7 Å². The van der Waals surface area contributed by atoms with E-state index < -0.39 is 17.9 Å². The summed E-state index contributed by atoms with van der Waals surface area (Å²) in [5, 5.41) is 14.6. The first kappa shape index (κ1) is 29.6. The zero-order chi connectivity index (χ0) is 28.9. The Bertz CT molecular complexity index is 1350. The maximum atomic E-state index is 13.4. The number of carboxylic acids is 1. The Hall–Kier alpha value is -2.93. The number of aliphatic carboxylic acids is 1. The Morgan fingerprint density at radius 2 is 1.78 bits per heavy atom. The number of ether oxygens (including phenoxy) is 1. The lowest BCUT2D eigenvalue weighted by molar-refractivity contribution is -0.139. The van der Waals surface area contributed by atoms with E-state index >= 15 is 0 Å². The lowest BCUT2D eigenvalue weighted by Crippen LogP contribution is -2.42. The fraction of sp³-hybridized carbons (Fsp3) is 0.559. The highest BCUT2D eigenvalue weighted by Gasteiger charge is 2.25. The Labute approximate surface area is 247 Å². The number of pyridine rings is 1. The Morgan fingerprint density at radius 1 is 1.02 bits per heavy atom. The topological polar surface area (TPSA) is 88.5 Å². The van der Waals surface area contributed by atoms with Crippen molar-refractivity contribution in [1.29, 1.82) is 0 Å². The molecule has 1 atom stereocenters. The largest absolute Gasteiger partial charge is 0.490 e. The van der Waals surface area contributed by atoms with Gasteiger partial charge in [-0.1, -0.05) is 58.9 Å². The van der Waals surface area contributed by atoms with E-state index in [4.69, 9.17) is 9.72 Å². The van der Waals surface area contributed by atoms with Crippen LogP contribution in [0, 0.1) is 11.8 Å². The van der Waals surface area contributed by atoms with Crippen molar-refractivity contribution in [1.82, 2.24) is 10.3 Å². The van der Waals surface area contributed by atoms with Crippen molar-refractivity contribution in [2.75, 3.05) is 0 Å². The molecule has 2 aliphatic carbocycles. The third kappa shape index (κ3) is 7.48. The summed E-state index contributed by atoms with van der Waals surface area (Å²) in [7, 11) is 0. The summed E-state index contributed by atoms with van der Waals surface area (Å²) in [6.07, 6.45) is 12.0. The molecule has 7 heteroatoms. The zero-order valence-electron chi connectivity index (χ0n) is 24.7. The molecule has 220 valence electrons. The van der Waals surface area contributed by atoms with Crippen LogP contribution in [0.25, 0.3) is 10.8 Å². The minimum atomic E-state index is -1.04. The Morgan fingerprint density at radius 3 is 2.44 bits per heavy atom. The predicted octanol–water partition coefficient (Wildman–Crippen LogP) is 7.93. The maximum absolute atomic E-state index is 13.4. The van der Waals surface area contributed by atoms with E-state index in [1.165, 1.54) is 49.8 Å². The number of nitrogens with zero attached hydrogens (tertiary/aromatic N) is 1. The monoisotopic (exact) mass is 576 g/mol. The molecule has 1 aromatic carbocycles. The first-order valence-corrected chi connectivity index (χ1v) is 16.3. The van der Waals surface area contributed by atoms with Gasteiger partial charge in [0.2, 0.25) is 0 Å². The molecule has 0 radical (unpaired) electrons. The number of aromatic nitrogens is 1. The number of carbonyl (C=O) groups is 2. The first-order valence-electron chi connectivity index (χ1n) is 15.5. The van der Waals surface area contributed by atoms with Gasteiger partial charge in [-0.3, -0.25) is 4.79 Å². The second kappa shape index (κ2) is 13.4. The summed E-state index contributed by atoms with van der Waals surface area (Å²) in [4.78, 5) is 32.6. The quantitative estimate of drug-likeness (QED) is 0.242. The average Bonchev–Trinajstić information content (AvgIpc) is 3.66. The third-order valence-electron chi connectivity index (χ3n) is 9.01. The van der Waals surface area contributed by atoms with Crippen LogP contribution in [-0.2, 0) is 17.6 Å². The van der Waals surface area contributed by atoms with Gasteiger partial charge in [0.1, 0.15) is 17.5 Å². The van der Waals surface area contributed by atoms with Crippen LogP contribution in [0.5, 0.6) is 5.75 Å². The molecular formula is C34H44N2O4S. The molecule has 2 saturated carbocycles. The summed E-state index contributed by atoms with van der Waals surface area (Å²) in [5.74, 6) is 1.14. The second-order valence-corrected chi connectivity index (χ2v) is 13.6. The van der Waals surface area contributed by atoms with Crippen LogP contribution >= 0.6 is 11.3 Å². The molecule has 2 fully saturated rings. The summed E-state index contributed by atoms with van der Waals surface area (Å²) in [5.41, 5.74) is 1.18. The highest BCUT2D eigenvalue weighted by molar-refractivity contribution is 7.12. The minimum Gasteiger partial charge on any atom is -0.490 e. The van der Waals surface area contributed by atoms with Gasteiger partial charge in [-0.25, -0.2) is 9.78 Å². The predicted molar refractivity (Wildman–Crippen MR) is 165 cm³/mol. The van der Waals surface area contributed by atoms with Crippen LogP contribution in [0.1, 0.15) is 110 Å². The molecule has 5 rings (SSSR count). The van der Waals surface area contributed by atoms with Crippen molar-refractivity contribution >= 4 is 34.0 Å². The Balaban J connectivity index is 1.37. The fourth-order valence-corrected chi connectivity index (χ4v) is 7.49. The van der Waals surface area contributed by atoms with Crippen LogP contribution in [0.15, 0.2) is 36.4 Å². The fourth-order valence-electron chi connectivity index (χ4n) is 6.43. The molecule has 2 aliphatic rings. The van der Waals surface area contributed by atoms with Gasteiger partial charge in [0.05, 0.1) is 6.10 Å². The summed E-state index contributed by atoms with van der Waals surface area (Å²) in [6.45, 7) is 6.51. The molecule has 1 amide bonds. The van der Waals surface area contributed by atoms with Crippen LogP contribution in [-0.4, -0.2) is 34.1 Å². The van der Waals surface area contributed by atoms with E-state index in [0.29, 0.717) is 11.8 Å². The lowest BCUT2D eigenvalue weighted by atomic mass is 9.86. The van der Waals surface area contributed by atoms with Crippen molar-refractivity contribution in [3.8, 4) is 5.75 Å². The number of hydrogen-bond donors (Lipinski definition) is 2. The van der Waals surface area contributed by atoms with Gasteiger partial charge in [-0.15, -0.1) is 11.3 Å². The number of benzene rings is 1. The van der Waals surface area contributed by atoms with Crippen molar-refractivity contribution in [2.45, 2.75) is 109 Å². The molecular weight excluding hydrogens is 532 g/mol. The number of nitrogens with one attached hydrogen (secondary N) is 1. The Kier molecular flexibility index (Phi) is 9.64. The molecule has 0 bridgehead atoms. The number of fused-ring (bicyclic) bond motifs is 1. The third-order valence-corrected chi connectivity index (χ3v) is 10.4. The summed E-state index contributed by atoms with van der Waals surface area (Å²) in [6, 6.07) is 10.9. The van der Waals surface area contributed by atoms with Gasteiger partial charge in [0.25, 0.3) is 5.91 Å². The van der Waals surface area contributed by atoms with Crippen LogP contribution in [0.4, 0.5) is 0 Å². The van der Waals surface area contributed by atoms with Gasteiger partial charge in [0, 0.05) is 27.3 Å². The van der Waals surface area contributed by atoms with E-state index in [-0.39, 0.29) is 18.2 Å². The van der Waals surface area contributed by atoms with Crippen molar-refractivity contribution in [3.05, 3.63) is 57.5 Å². The maximum Gasteiger partial charge on any atom is 0.326 e. The second-order valence-electron chi connectivity index (χ2n) is 12.4. The summed E-state index contributed by atoms with van der Waals surface area (Å²) >= 11 is 1.60. The van der Waals surface area contributed by atoms with Crippen molar-refractivity contribution in [3.63, 3.8) is 0 Å². The number of carbonyl (C=O) groups excluding carboxylic acids is 1. The van der Waals surface area contributed by atoms with E-state index in [1.807, 2.05) is 24.3 Å². The number of amides is 1. The average molecular weight is 577 g/mol. The van der Waals surface area contributed by atoms with E-state index in [1.54, 1.807) is 17.4 Å². The molecule has 0 spiro atoms. The molecule has 41 heavy (non-hydrogen) atoms. The lowest BCUT2D eigenvalue weighted by Gasteiger charge is -2.28. The molecule has 1 unspecified atom stereocenters. The number of hydrogen-bond acceptors (Lipinski definition) is 5. The first-order chi connectivity index (χ1) is 19.8. The van der Waals surface area contributed by atoms with Crippen molar-refractivity contribution < 1.29 is 19.4 Å². The molecule has 2 N–H and O–H groups in total. The van der Waals surface area contributed by atoms with E-state index in [2.05, 4.69) is 32.2 Å². The highest BCUT2D eigenvalue weighted by Crippen LogP contribution is 2.34. The smallest absolute Gasteiger partial charge is 0.326 e. The van der Waals surface area contributed by atoms with Crippen molar-refractivity contribution in [2.24, 2.45) is 11.8 Å². The van der Waals surface area contributed by atoms with Gasteiger partial charge in [0.15, 0.2) is 0 Å². The molecule has 3 aromatic rings.